The van der Waals surface area contributed by atoms with Gasteiger partial charge in [0.2, 0.25) is 0 Å². The zero-order valence-electron chi connectivity index (χ0n) is 15.4. The molecular weight excluding hydrogens is 344 g/mol. The molecule has 2 amide bonds. The summed E-state index contributed by atoms with van der Waals surface area (Å²) in [7, 11) is 0. The summed E-state index contributed by atoms with van der Waals surface area (Å²) in [5, 5.41) is 2.51. The van der Waals surface area contributed by atoms with Crippen molar-refractivity contribution < 1.29 is 19.1 Å². The first-order chi connectivity index (χ1) is 13.0. The number of carbonyl (C=O) groups excluding carboxylic acids is 3. The Morgan fingerprint density at radius 1 is 1.15 bits per heavy atom. The van der Waals surface area contributed by atoms with Crippen LogP contribution in [0.3, 0.4) is 0 Å². The van der Waals surface area contributed by atoms with Gasteiger partial charge < -0.3 is 15.0 Å². The van der Waals surface area contributed by atoms with Gasteiger partial charge in [-0.1, -0.05) is 35.9 Å². The van der Waals surface area contributed by atoms with Crippen LogP contribution in [0.2, 0.25) is 0 Å². The molecule has 1 heterocycles. The van der Waals surface area contributed by atoms with E-state index in [1.165, 1.54) is 0 Å². The maximum Gasteiger partial charge on any atom is 0.325 e. The Labute approximate surface area is 158 Å². The predicted octanol–water partition coefficient (Wildman–Crippen LogP) is 2.25. The van der Waals surface area contributed by atoms with Gasteiger partial charge in [0.05, 0.1) is 0 Å². The summed E-state index contributed by atoms with van der Waals surface area (Å²) in [6.45, 7) is 3.21. The van der Waals surface area contributed by atoms with Crippen LogP contribution in [-0.4, -0.2) is 37.0 Å². The van der Waals surface area contributed by atoms with Gasteiger partial charge in [0.15, 0.2) is 6.61 Å². The highest BCUT2D eigenvalue weighted by molar-refractivity contribution is 5.98. The topological polar surface area (TPSA) is 75.7 Å². The minimum atomic E-state index is -0.649. The van der Waals surface area contributed by atoms with E-state index in [9.17, 15) is 14.4 Å². The highest BCUT2D eigenvalue weighted by Gasteiger charge is 2.30. The van der Waals surface area contributed by atoms with Crippen LogP contribution in [0.5, 0.6) is 0 Å². The third kappa shape index (κ3) is 4.34. The van der Waals surface area contributed by atoms with Crippen molar-refractivity contribution in [2.24, 2.45) is 0 Å². The Morgan fingerprint density at radius 2 is 1.93 bits per heavy atom. The zero-order chi connectivity index (χ0) is 19.4. The van der Waals surface area contributed by atoms with Crippen molar-refractivity contribution in [3.05, 3.63) is 65.2 Å². The number of amides is 2. The third-order valence-corrected chi connectivity index (χ3v) is 4.51. The Kier molecular flexibility index (Phi) is 5.54. The van der Waals surface area contributed by atoms with Crippen LogP contribution in [-0.2, 0) is 20.7 Å². The molecule has 27 heavy (non-hydrogen) atoms. The molecule has 1 atom stereocenters. The Bertz CT molecular complexity index is 878. The molecule has 0 fully saturated rings. The third-order valence-electron chi connectivity index (χ3n) is 4.51. The number of fused-ring (bicyclic) bond motifs is 1. The van der Waals surface area contributed by atoms with E-state index >= 15 is 0 Å². The average molecular weight is 366 g/mol. The first kappa shape index (κ1) is 18.6. The number of benzene rings is 2. The lowest BCUT2D eigenvalue weighted by atomic mass is 10.1. The van der Waals surface area contributed by atoms with Crippen LogP contribution in [0.15, 0.2) is 48.5 Å². The van der Waals surface area contributed by atoms with E-state index in [1.807, 2.05) is 44.2 Å². The maximum atomic E-state index is 12.5. The van der Waals surface area contributed by atoms with Gasteiger partial charge in [-0.25, -0.2) is 0 Å². The number of nitrogens with one attached hydrogen (secondary N) is 1. The molecule has 0 bridgehead atoms. The second-order valence-corrected chi connectivity index (χ2v) is 6.66. The summed E-state index contributed by atoms with van der Waals surface area (Å²) < 4.78 is 5.04. The summed E-state index contributed by atoms with van der Waals surface area (Å²) in [4.78, 5) is 38.1. The van der Waals surface area contributed by atoms with Crippen molar-refractivity contribution >= 4 is 23.5 Å². The van der Waals surface area contributed by atoms with Crippen LogP contribution < -0.4 is 10.2 Å². The summed E-state index contributed by atoms with van der Waals surface area (Å²) in [6, 6.07) is 14.8. The Hall–Kier alpha value is -3.15. The number of carbonyl (C=O) groups is 3. The minimum Gasteiger partial charge on any atom is -0.454 e. The van der Waals surface area contributed by atoms with E-state index in [0.29, 0.717) is 5.56 Å². The highest BCUT2D eigenvalue weighted by atomic mass is 16.5. The van der Waals surface area contributed by atoms with E-state index < -0.39 is 5.97 Å². The molecule has 1 aliphatic rings. The molecule has 6 heteroatoms. The SMILES string of the molecule is Cc1cccc(C(=O)NCC(=O)OCC(=O)N2c3ccccc3C[C@@H]2C)c1. The van der Waals surface area contributed by atoms with Crippen molar-refractivity contribution in [2.75, 3.05) is 18.1 Å². The van der Waals surface area contributed by atoms with Gasteiger partial charge in [0, 0.05) is 17.3 Å². The summed E-state index contributed by atoms with van der Waals surface area (Å²) >= 11 is 0. The van der Waals surface area contributed by atoms with E-state index in [-0.39, 0.29) is 31.0 Å². The van der Waals surface area contributed by atoms with Crippen LogP contribution in [0.4, 0.5) is 5.69 Å². The standard InChI is InChI=1S/C21H22N2O4/c1-14-6-5-8-17(10-14)21(26)22-12-20(25)27-13-19(24)23-15(2)11-16-7-3-4-9-18(16)23/h3-10,15H,11-13H2,1-2H3,(H,22,26)/t15-/m0/s1. The fraction of sp³-hybridized carbons (Fsp3) is 0.286. The molecule has 140 valence electrons. The molecule has 3 rings (SSSR count). The number of ether oxygens (including phenoxy) is 1. The summed E-state index contributed by atoms with van der Waals surface area (Å²) in [5.74, 6) is -1.28. The van der Waals surface area contributed by atoms with Crippen molar-refractivity contribution in [2.45, 2.75) is 26.3 Å². The number of anilines is 1. The van der Waals surface area contributed by atoms with E-state index in [0.717, 1.165) is 23.2 Å². The van der Waals surface area contributed by atoms with Gasteiger partial charge in [0.1, 0.15) is 6.54 Å². The van der Waals surface area contributed by atoms with Crippen molar-refractivity contribution in [1.82, 2.24) is 5.32 Å². The molecule has 2 aromatic carbocycles. The van der Waals surface area contributed by atoms with Gasteiger partial charge in [-0.05, 0) is 44.0 Å². The minimum absolute atomic E-state index is 0.0228. The molecular formula is C21H22N2O4. The van der Waals surface area contributed by atoms with Crippen LogP contribution in [0.25, 0.3) is 0 Å². The number of hydrogen-bond acceptors (Lipinski definition) is 4. The molecule has 0 aliphatic carbocycles. The highest BCUT2D eigenvalue weighted by Crippen LogP contribution is 2.31. The molecule has 0 radical (unpaired) electrons. The number of nitrogens with zero attached hydrogens (tertiary/aromatic N) is 1. The first-order valence-corrected chi connectivity index (χ1v) is 8.86. The van der Waals surface area contributed by atoms with E-state index in [2.05, 4.69) is 5.32 Å². The molecule has 0 saturated heterocycles. The molecule has 1 aliphatic heterocycles. The number of hydrogen-bond donors (Lipinski definition) is 1. The van der Waals surface area contributed by atoms with E-state index in [1.54, 1.807) is 23.1 Å². The van der Waals surface area contributed by atoms with Crippen molar-refractivity contribution in [3.63, 3.8) is 0 Å². The normalized spacial score (nSPS) is 15.2. The lowest BCUT2D eigenvalue weighted by Crippen LogP contribution is -2.39. The quantitative estimate of drug-likeness (QED) is 0.824. The fourth-order valence-electron chi connectivity index (χ4n) is 3.25. The van der Waals surface area contributed by atoms with Crippen molar-refractivity contribution in [1.29, 1.82) is 0 Å². The summed E-state index contributed by atoms with van der Waals surface area (Å²) in [6.07, 6.45) is 0.780. The fourth-order valence-corrected chi connectivity index (χ4v) is 3.25. The van der Waals surface area contributed by atoms with Gasteiger partial charge in [-0.15, -0.1) is 0 Å². The number of aryl methyl sites for hydroxylation is 1. The van der Waals surface area contributed by atoms with Crippen molar-refractivity contribution in [3.8, 4) is 0 Å². The lowest BCUT2D eigenvalue weighted by molar-refractivity contribution is -0.146. The largest absolute Gasteiger partial charge is 0.454 e. The predicted molar refractivity (Wildman–Crippen MR) is 102 cm³/mol. The first-order valence-electron chi connectivity index (χ1n) is 8.86. The van der Waals surface area contributed by atoms with Crippen LogP contribution >= 0.6 is 0 Å². The number of rotatable bonds is 5. The Balaban J connectivity index is 1.49. The lowest BCUT2D eigenvalue weighted by Gasteiger charge is -2.22. The second-order valence-electron chi connectivity index (χ2n) is 6.66. The molecule has 0 unspecified atom stereocenters. The van der Waals surface area contributed by atoms with Crippen LogP contribution in [0, 0.1) is 6.92 Å². The molecule has 0 aromatic heterocycles. The monoisotopic (exact) mass is 366 g/mol. The van der Waals surface area contributed by atoms with Gasteiger partial charge in [-0.3, -0.25) is 14.4 Å². The maximum absolute atomic E-state index is 12.5. The average Bonchev–Trinajstić information content (AvgIpc) is 2.99. The number of para-hydroxylation sites is 1. The van der Waals surface area contributed by atoms with Gasteiger partial charge >= 0.3 is 5.97 Å². The molecule has 0 saturated carbocycles. The molecule has 1 N–H and O–H groups in total. The van der Waals surface area contributed by atoms with E-state index in [4.69, 9.17) is 4.74 Å². The summed E-state index contributed by atoms with van der Waals surface area (Å²) in [5.41, 5.74) is 3.39. The van der Waals surface area contributed by atoms with Gasteiger partial charge in [0.25, 0.3) is 11.8 Å². The van der Waals surface area contributed by atoms with Gasteiger partial charge in [-0.2, -0.15) is 0 Å². The second kappa shape index (κ2) is 8.03. The number of esters is 1. The molecule has 2 aromatic rings. The zero-order valence-corrected chi connectivity index (χ0v) is 15.4. The molecule has 6 nitrogen and oxygen atoms in total. The smallest absolute Gasteiger partial charge is 0.325 e. The van der Waals surface area contributed by atoms with Crippen LogP contribution in [0.1, 0.15) is 28.4 Å². The Morgan fingerprint density at radius 3 is 2.70 bits per heavy atom. The molecule has 0 spiro atoms.